The van der Waals surface area contributed by atoms with Crippen molar-refractivity contribution in [3.8, 4) is 0 Å². The Balaban J connectivity index is 1.72. The van der Waals surface area contributed by atoms with Gasteiger partial charge < -0.3 is 10.5 Å². The summed E-state index contributed by atoms with van der Waals surface area (Å²) in [4.78, 5) is 0. The van der Waals surface area contributed by atoms with Gasteiger partial charge in [-0.25, -0.2) is 0 Å². The molecule has 2 fully saturated rings. The zero-order valence-corrected chi connectivity index (χ0v) is 10.0. The molecule has 1 unspecified atom stereocenters. The quantitative estimate of drug-likeness (QED) is 0.779. The molecule has 0 amide bonds. The van der Waals surface area contributed by atoms with Crippen LogP contribution < -0.4 is 5.73 Å². The van der Waals surface area contributed by atoms with E-state index in [2.05, 4.69) is 6.92 Å². The molecule has 0 bridgehead atoms. The van der Waals surface area contributed by atoms with Gasteiger partial charge in [-0.15, -0.1) is 0 Å². The normalized spacial score (nSPS) is 42.0. The van der Waals surface area contributed by atoms with Crippen molar-refractivity contribution in [3.05, 3.63) is 0 Å². The van der Waals surface area contributed by atoms with E-state index in [-0.39, 0.29) is 5.54 Å². The Kier molecular flexibility index (Phi) is 3.68. The van der Waals surface area contributed by atoms with Crippen LogP contribution in [0.4, 0.5) is 0 Å². The van der Waals surface area contributed by atoms with E-state index in [9.17, 15) is 0 Å². The maximum absolute atomic E-state index is 6.44. The van der Waals surface area contributed by atoms with Gasteiger partial charge >= 0.3 is 0 Å². The lowest BCUT2D eigenvalue weighted by Crippen LogP contribution is -2.43. The highest BCUT2D eigenvalue weighted by molar-refractivity contribution is 4.89. The molecule has 1 aliphatic heterocycles. The van der Waals surface area contributed by atoms with Crippen molar-refractivity contribution in [3.63, 3.8) is 0 Å². The van der Waals surface area contributed by atoms with Gasteiger partial charge in [0, 0.05) is 12.1 Å². The molecule has 88 valence electrons. The Morgan fingerprint density at radius 1 is 1.27 bits per heavy atom. The van der Waals surface area contributed by atoms with Crippen LogP contribution >= 0.6 is 0 Å². The highest BCUT2D eigenvalue weighted by Crippen LogP contribution is 2.34. The Labute approximate surface area is 93.6 Å². The molecule has 0 aromatic rings. The van der Waals surface area contributed by atoms with E-state index in [0.717, 1.165) is 12.5 Å². The van der Waals surface area contributed by atoms with Crippen molar-refractivity contribution in [2.45, 2.75) is 69.9 Å². The molecule has 2 N–H and O–H groups in total. The average molecular weight is 211 g/mol. The SMILES string of the molecule is CC1CCC(N)(CCC2CCCO2)CC1. The molecule has 1 heterocycles. The number of nitrogens with two attached hydrogens (primary N) is 1. The molecule has 1 aliphatic carbocycles. The predicted molar refractivity (Wildman–Crippen MR) is 62.8 cm³/mol. The summed E-state index contributed by atoms with van der Waals surface area (Å²) >= 11 is 0. The minimum atomic E-state index is 0.137. The van der Waals surface area contributed by atoms with Crippen LogP contribution in [0, 0.1) is 5.92 Å². The van der Waals surface area contributed by atoms with E-state index in [0.29, 0.717) is 6.10 Å². The fourth-order valence-corrected chi connectivity index (χ4v) is 2.91. The lowest BCUT2D eigenvalue weighted by molar-refractivity contribution is 0.0906. The molecular weight excluding hydrogens is 186 g/mol. The number of hydrogen-bond donors (Lipinski definition) is 1. The Morgan fingerprint density at radius 2 is 2.00 bits per heavy atom. The summed E-state index contributed by atoms with van der Waals surface area (Å²) in [5.74, 6) is 0.893. The van der Waals surface area contributed by atoms with E-state index >= 15 is 0 Å². The van der Waals surface area contributed by atoms with Crippen molar-refractivity contribution in [1.82, 2.24) is 0 Å². The van der Waals surface area contributed by atoms with E-state index in [1.807, 2.05) is 0 Å². The Morgan fingerprint density at radius 3 is 2.60 bits per heavy atom. The van der Waals surface area contributed by atoms with Gasteiger partial charge in [0.15, 0.2) is 0 Å². The number of hydrogen-bond acceptors (Lipinski definition) is 2. The zero-order valence-electron chi connectivity index (χ0n) is 10.0. The van der Waals surface area contributed by atoms with Crippen LogP contribution in [0.15, 0.2) is 0 Å². The smallest absolute Gasteiger partial charge is 0.0576 e. The third-order valence-corrected chi connectivity index (χ3v) is 4.26. The van der Waals surface area contributed by atoms with Gasteiger partial charge in [-0.1, -0.05) is 6.92 Å². The number of ether oxygens (including phenoxy) is 1. The summed E-state index contributed by atoms with van der Waals surface area (Å²) in [6.07, 6.45) is 10.5. The third kappa shape index (κ3) is 3.18. The molecular formula is C13H25NO. The highest BCUT2D eigenvalue weighted by atomic mass is 16.5. The van der Waals surface area contributed by atoms with Gasteiger partial charge in [-0.2, -0.15) is 0 Å². The lowest BCUT2D eigenvalue weighted by atomic mass is 9.75. The van der Waals surface area contributed by atoms with Crippen LogP contribution in [0.25, 0.3) is 0 Å². The van der Waals surface area contributed by atoms with Crippen LogP contribution in [0.5, 0.6) is 0 Å². The Hall–Kier alpha value is -0.0800. The predicted octanol–water partition coefficient (Wildman–Crippen LogP) is 2.85. The van der Waals surface area contributed by atoms with E-state index in [1.165, 1.54) is 51.4 Å². The first kappa shape index (κ1) is 11.4. The maximum atomic E-state index is 6.44. The highest BCUT2D eigenvalue weighted by Gasteiger charge is 2.31. The molecule has 1 saturated carbocycles. The summed E-state index contributed by atoms with van der Waals surface area (Å²) in [7, 11) is 0. The van der Waals surface area contributed by atoms with Crippen LogP contribution in [-0.4, -0.2) is 18.2 Å². The van der Waals surface area contributed by atoms with Gasteiger partial charge in [0.1, 0.15) is 0 Å². The maximum Gasteiger partial charge on any atom is 0.0576 e. The molecule has 0 aromatic carbocycles. The van der Waals surface area contributed by atoms with Crippen molar-refractivity contribution in [2.75, 3.05) is 6.61 Å². The molecule has 15 heavy (non-hydrogen) atoms. The molecule has 2 nitrogen and oxygen atoms in total. The van der Waals surface area contributed by atoms with Crippen molar-refractivity contribution >= 4 is 0 Å². The average Bonchev–Trinajstić information content (AvgIpc) is 2.73. The summed E-state index contributed by atoms with van der Waals surface area (Å²) in [5, 5.41) is 0. The van der Waals surface area contributed by atoms with Crippen molar-refractivity contribution in [2.24, 2.45) is 11.7 Å². The number of rotatable bonds is 3. The second-order valence-corrected chi connectivity index (χ2v) is 5.72. The minimum absolute atomic E-state index is 0.137. The fourth-order valence-electron chi connectivity index (χ4n) is 2.91. The van der Waals surface area contributed by atoms with Crippen LogP contribution in [-0.2, 0) is 4.74 Å². The molecule has 2 heteroatoms. The first-order valence-electron chi connectivity index (χ1n) is 6.58. The van der Waals surface area contributed by atoms with E-state index in [1.54, 1.807) is 0 Å². The molecule has 0 radical (unpaired) electrons. The molecule has 2 aliphatic rings. The Bertz CT molecular complexity index is 191. The zero-order chi connectivity index (χ0) is 10.7. The monoisotopic (exact) mass is 211 g/mol. The molecule has 0 spiro atoms. The van der Waals surface area contributed by atoms with Gasteiger partial charge in [0.2, 0.25) is 0 Å². The summed E-state index contributed by atoms with van der Waals surface area (Å²) in [6, 6.07) is 0. The lowest BCUT2D eigenvalue weighted by Gasteiger charge is -2.36. The van der Waals surface area contributed by atoms with Crippen molar-refractivity contribution < 1.29 is 4.74 Å². The second kappa shape index (κ2) is 4.84. The second-order valence-electron chi connectivity index (χ2n) is 5.72. The molecule has 1 saturated heterocycles. The van der Waals surface area contributed by atoms with Gasteiger partial charge in [-0.3, -0.25) is 0 Å². The van der Waals surface area contributed by atoms with Crippen LogP contribution in [0.3, 0.4) is 0 Å². The first-order chi connectivity index (χ1) is 7.18. The molecule has 1 atom stereocenters. The van der Waals surface area contributed by atoms with Crippen molar-refractivity contribution in [1.29, 1.82) is 0 Å². The first-order valence-corrected chi connectivity index (χ1v) is 6.58. The summed E-state index contributed by atoms with van der Waals surface area (Å²) in [5.41, 5.74) is 6.58. The van der Waals surface area contributed by atoms with Gasteiger partial charge in [-0.05, 0) is 57.3 Å². The summed E-state index contributed by atoms with van der Waals surface area (Å²) in [6.45, 7) is 3.32. The molecule has 0 aromatic heterocycles. The topological polar surface area (TPSA) is 35.2 Å². The largest absolute Gasteiger partial charge is 0.378 e. The van der Waals surface area contributed by atoms with E-state index < -0.39 is 0 Å². The van der Waals surface area contributed by atoms with Crippen LogP contribution in [0.1, 0.15) is 58.3 Å². The van der Waals surface area contributed by atoms with E-state index in [4.69, 9.17) is 10.5 Å². The fraction of sp³-hybridized carbons (Fsp3) is 1.00. The minimum Gasteiger partial charge on any atom is -0.378 e. The summed E-state index contributed by atoms with van der Waals surface area (Å²) < 4.78 is 5.65. The molecule has 2 rings (SSSR count). The third-order valence-electron chi connectivity index (χ3n) is 4.26. The van der Waals surface area contributed by atoms with Gasteiger partial charge in [0.05, 0.1) is 6.10 Å². The van der Waals surface area contributed by atoms with Crippen LogP contribution in [0.2, 0.25) is 0 Å². The van der Waals surface area contributed by atoms with Gasteiger partial charge in [0.25, 0.3) is 0 Å². The standard InChI is InChI=1S/C13H25NO/c1-11-4-7-13(14,8-5-11)9-6-12-3-2-10-15-12/h11-12H,2-10,14H2,1H3.